The molecule has 0 aliphatic carbocycles. The SMILES string of the molecule is COC(=O)c1nsc(C#N)n1. The Kier molecular flexibility index (Phi) is 2.13. The second kappa shape index (κ2) is 3.07. The van der Waals surface area contributed by atoms with E-state index < -0.39 is 5.97 Å². The number of methoxy groups -OCH3 is 1. The maximum Gasteiger partial charge on any atom is 0.377 e. The Hall–Kier alpha value is -1.48. The van der Waals surface area contributed by atoms with Crippen LogP contribution < -0.4 is 0 Å². The van der Waals surface area contributed by atoms with Gasteiger partial charge in [-0.1, -0.05) is 0 Å². The predicted octanol–water partition coefficient (Wildman–Crippen LogP) is 0.196. The zero-order chi connectivity index (χ0) is 8.27. The molecule has 0 aliphatic rings. The molecule has 1 heterocycles. The van der Waals surface area contributed by atoms with Gasteiger partial charge in [-0.15, -0.1) is 0 Å². The standard InChI is InChI=1S/C5H3N3O2S/c1-10-5(9)4-7-3(2-6)11-8-4/h1H3. The van der Waals surface area contributed by atoms with Crippen LogP contribution in [0.3, 0.4) is 0 Å². The van der Waals surface area contributed by atoms with Crippen LogP contribution in [-0.2, 0) is 4.74 Å². The highest BCUT2D eigenvalue weighted by Crippen LogP contribution is 2.02. The Bertz CT molecular complexity index is 314. The number of hydrogen-bond donors (Lipinski definition) is 0. The van der Waals surface area contributed by atoms with Crippen molar-refractivity contribution in [2.45, 2.75) is 0 Å². The second-order valence-electron chi connectivity index (χ2n) is 1.53. The van der Waals surface area contributed by atoms with Gasteiger partial charge < -0.3 is 4.74 Å². The van der Waals surface area contributed by atoms with Gasteiger partial charge in [0.15, 0.2) is 0 Å². The molecule has 1 rings (SSSR count). The van der Waals surface area contributed by atoms with Gasteiger partial charge >= 0.3 is 5.97 Å². The largest absolute Gasteiger partial charge is 0.463 e. The summed E-state index contributed by atoms with van der Waals surface area (Å²) in [6.45, 7) is 0. The van der Waals surface area contributed by atoms with Gasteiger partial charge in [-0.25, -0.2) is 4.79 Å². The summed E-state index contributed by atoms with van der Waals surface area (Å²) in [5.74, 6) is -0.684. The van der Waals surface area contributed by atoms with E-state index in [0.717, 1.165) is 11.5 Å². The summed E-state index contributed by atoms with van der Waals surface area (Å²) in [6, 6.07) is 1.76. The summed E-state index contributed by atoms with van der Waals surface area (Å²) in [5, 5.41) is 8.47. The number of aromatic nitrogens is 2. The molecular weight excluding hydrogens is 166 g/mol. The molecule has 0 aliphatic heterocycles. The fourth-order valence-electron chi connectivity index (χ4n) is 0.443. The van der Waals surface area contributed by atoms with Crippen LogP contribution in [-0.4, -0.2) is 22.4 Å². The maximum atomic E-state index is 10.7. The topological polar surface area (TPSA) is 75.9 Å². The highest BCUT2D eigenvalue weighted by Gasteiger charge is 2.11. The van der Waals surface area contributed by atoms with Crippen LogP contribution in [0.4, 0.5) is 0 Å². The van der Waals surface area contributed by atoms with E-state index in [0.29, 0.717) is 0 Å². The molecule has 0 radical (unpaired) electrons. The van der Waals surface area contributed by atoms with Gasteiger partial charge in [0, 0.05) is 0 Å². The number of nitrogens with zero attached hydrogens (tertiary/aromatic N) is 3. The molecular formula is C5H3N3O2S. The zero-order valence-corrected chi connectivity index (χ0v) is 6.38. The third kappa shape index (κ3) is 1.50. The van der Waals surface area contributed by atoms with Gasteiger partial charge in [0.2, 0.25) is 5.01 Å². The first-order valence-electron chi connectivity index (χ1n) is 2.60. The van der Waals surface area contributed by atoms with E-state index in [1.807, 2.05) is 0 Å². The normalized spacial score (nSPS) is 8.73. The van der Waals surface area contributed by atoms with Gasteiger partial charge in [-0.3, -0.25) is 0 Å². The lowest BCUT2D eigenvalue weighted by molar-refractivity contribution is 0.0588. The molecule has 0 atom stereocenters. The number of carbonyl (C=O) groups is 1. The van der Waals surface area contributed by atoms with Crippen LogP contribution in [0.2, 0.25) is 0 Å². The Morgan fingerprint density at radius 3 is 3.00 bits per heavy atom. The molecule has 0 saturated carbocycles. The van der Waals surface area contributed by atoms with Gasteiger partial charge in [-0.05, 0) is 11.5 Å². The Balaban J connectivity index is 2.91. The van der Waals surface area contributed by atoms with Crippen molar-refractivity contribution >= 4 is 17.5 Å². The molecule has 0 unspecified atom stereocenters. The number of esters is 1. The van der Waals surface area contributed by atoms with Crippen molar-refractivity contribution in [1.29, 1.82) is 5.26 Å². The fraction of sp³-hybridized carbons (Fsp3) is 0.200. The predicted molar refractivity (Wildman–Crippen MR) is 36.0 cm³/mol. The molecule has 0 N–H and O–H groups in total. The minimum Gasteiger partial charge on any atom is -0.463 e. The smallest absolute Gasteiger partial charge is 0.377 e. The fourth-order valence-corrected chi connectivity index (χ4v) is 0.900. The molecule has 5 nitrogen and oxygen atoms in total. The lowest BCUT2D eigenvalue weighted by atomic mass is 10.6. The minimum absolute atomic E-state index is 0.0611. The number of hydrogen-bond acceptors (Lipinski definition) is 6. The number of ether oxygens (including phenoxy) is 1. The second-order valence-corrected chi connectivity index (χ2v) is 2.28. The molecule has 1 aromatic heterocycles. The van der Waals surface area contributed by atoms with E-state index in [1.165, 1.54) is 7.11 Å². The van der Waals surface area contributed by atoms with Crippen molar-refractivity contribution < 1.29 is 9.53 Å². The van der Waals surface area contributed by atoms with E-state index >= 15 is 0 Å². The Labute approximate surface area is 66.4 Å². The molecule has 0 amide bonds. The summed E-state index contributed by atoms with van der Waals surface area (Å²) >= 11 is 0.870. The first-order chi connectivity index (χ1) is 5.27. The summed E-state index contributed by atoms with van der Waals surface area (Å²) in [5.41, 5.74) is 0. The van der Waals surface area contributed by atoms with Crippen molar-refractivity contribution in [3.8, 4) is 6.07 Å². The van der Waals surface area contributed by atoms with E-state index in [4.69, 9.17) is 5.26 Å². The molecule has 0 fully saturated rings. The van der Waals surface area contributed by atoms with Crippen molar-refractivity contribution in [3.05, 3.63) is 10.8 Å². The average molecular weight is 169 g/mol. The lowest BCUT2D eigenvalue weighted by Gasteiger charge is -1.88. The average Bonchev–Trinajstić information content (AvgIpc) is 2.50. The van der Waals surface area contributed by atoms with Crippen LogP contribution in [0, 0.1) is 11.3 Å². The molecule has 0 spiro atoms. The third-order valence-corrected chi connectivity index (χ3v) is 1.51. The maximum absolute atomic E-state index is 10.7. The van der Waals surface area contributed by atoms with Crippen LogP contribution in [0.25, 0.3) is 0 Å². The van der Waals surface area contributed by atoms with Gasteiger partial charge in [0.25, 0.3) is 5.82 Å². The van der Waals surface area contributed by atoms with E-state index in [9.17, 15) is 4.79 Å². The molecule has 0 saturated heterocycles. The van der Waals surface area contributed by atoms with Crippen molar-refractivity contribution in [2.75, 3.05) is 7.11 Å². The van der Waals surface area contributed by atoms with Gasteiger partial charge in [-0.2, -0.15) is 14.6 Å². The molecule has 0 aromatic carbocycles. The van der Waals surface area contributed by atoms with Gasteiger partial charge in [0.05, 0.1) is 7.11 Å². The van der Waals surface area contributed by atoms with Crippen molar-refractivity contribution in [3.63, 3.8) is 0 Å². The number of rotatable bonds is 1. The van der Waals surface area contributed by atoms with E-state index in [-0.39, 0.29) is 10.8 Å². The highest BCUT2D eigenvalue weighted by molar-refractivity contribution is 7.06. The first-order valence-corrected chi connectivity index (χ1v) is 3.37. The van der Waals surface area contributed by atoms with Crippen molar-refractivity contribution in [1.82, 2.24) is 9.36 Å². The Morgan fingerprint density at radius 1 is 1.82 bits per heavy atom. The van der Waals surface area contributed by atoms with Crippen LogP contribution in [0.15, 0.2) is 0 Å². The van der Waals surface area contributed by atoms with Crippen LogP contribution in [0.1, 0.15) is 15.6 Å². The van der Waals surface area contributed by atoms with Crippen LogP contribution in [0.5, 0.6) is 0 Å². The van der Waals surface area contributed by atoms with E-state index in [2.05, 4.69) is 14.1 Å². The quantitative estimate of drug-likeness (QED) is 0.561. The summed E-state index contributed by atoms with van der Waals surface area (Å²) < 4.78 is 7.92. The molecule has 6 heteroatoms. The molecule has 0 bridgehead atoms. The number of carbonyl (C=O) groups excluding carboxylic acids is 1. The Morgan fingerprint density at radius 2 is 2.55 bits per heavy atom. The van der Waals surface area contributed by atoms with Crippen molar-refractivity contribution in [2.24, 2.45) is 0 Å². The number of nitriles is 1. The molecule has 11 heavy (non-hydrogen) atoms. The molecule has 56 valence electrons. The summed E-state index contributed by atoms with van der Waals surface area (Å²) in [7, 11) is 1.23. The monoisotopic (exact) mass is 169 g/mol. The van der Waals surface area contributed by atoms with E-state index in [1.54, 1.807) is 6.07 Å². The minimum atomic E-state index is -0.622. The third-order valence-electron chi connectivity index (χ3n) is 0.890. The van der Waals surface area contributed by atoms with Gasteiger partial charge in [0.1, 0.15) is 6.07 Å². The highest BCUT2D eigenvalue weighted by atomic mass is 32.1. The first kappa shape index (κ1) is 7.63. The summed E-state index contributed by atoms with van der Waals surface area (Å²) in [6.07, 6.45) is 0. The molecule has 1 aromatic rings. The zero-order valence-electron chi connectivity index (χ0n) is 5.57. The summed E-state index contributed by atoms with van der Waals surface area (Å²) in [4.78, 5) is 14.3. The van der Waals surface area contributed by atoms with Crippen LogP contribution >= 0.6 is 11.5 Å². The lowest BCUT2D eigenvalue weighted by Crippen LogP contribution is -2.02.